The van der Waals surface area contributed by atoms with Gasteiger partial charge in [0.05, 0.1) is 5.39 Å². The highest BCUT2D eigenvalue weighted by Gasteiger charge is 2.29. The van der Waals surface area contributed by atoms with Crippen LogP contribution in [0.15, 0.2) is 41.3 Å². The van der Waals surface area contributed by atoms with Gasteiger partial charge < -0.3 is 10.2 Å². The van der Waals surface area contributed by atoms with Crippen molar-refractivity contribution in [1.82, 2.24) is 25.1 Å². The second kappa shape index (κ2) is 6.95. The summed E-state index contributed by atoms with van der Waals surface area (Å²) >= 11 is 0. The lowest BCUT2D eigenvalue weighted by Crippen LogP contribution is -2.38. The van der Waals surface area contributed by atoms with Gasteiger partial charge in [0.15, 0.2) is 5.69 Å². The number of fused-ring (bicyclic) bond motifs is 1. The average Bonchev–Trinajstić information content (AvgIpc) is 3.50. The summed E-state index contributed by atoms with van der Waals surface area (Å²) in [4.78, 5) is 36.4. The number of carbonyl (C=O) groups is 1. The molecule has 2 aromatic heterocycles. The fourth-order valence-electron chi connectivity index (χ4n) is 3.90. The Hall–Kier alpha value is -3.29. The van der Waals surface area contributed by atoms with E-state index < -0.39 is 0 Å². The minimum absolute atomic E-state index is 0.0199. The lowest BCUT2D eigenvalue weighted by molar-refractivity contribution is 0.0935. The molecular weight excluding hydrogens is 368 g/mol. The predicted molar refractivity (Wildman–Crippen MR) is 109 cm³/mol. The van der Waals surface area contributed by atoms with Crippen molar-refractivity contribution in [2.45, 2.75) is 31.2 Å². The maximum Gasteiger partial charge on any atom is 0.274 e. The van der Waals surface area contributed by atoms with Gasteiger partial charge in [0, 0.05) is 49.4 Å². The molecule has 29 heavy (non-hydrogen) atoms. The largest absolute Gasteiger partial charge is 0.346 e. The SMILES string of the molecule is Cn1nc(C(=O)NC2CCN(c3nccc(C4CC4)n3)C2)c2ccccc2c1=O. The van der Waals surface area contributed by atoms with Crippen LogP contribution in [0.2, 0.25) is 0 Å². The Morgan fingerprint density at radius 3 is 2.72 bits per heavy atom. The van der Waals surface area contributed by atoms with Crippen LogP contribution >= 0.6 is 0 Å². The van der Waals surface area contributed by atoms with Crippen LogP contribution in [0.3, 0.4) is 0 Å². The summed E-state index contributed by atoms with van der Waals surface area (Å²) < 4.78 is 1.22. The van der Waals surface area contributed by atoms with Gasteiger partial charge in [-0.25, -0.2) is 14.6 Å². The van der Waals surface area contributed by atoms with E-state index in [0.29, 0.717) is 23.2 Å². The summed E-state index contributed by atoms with van der Waals surface area (Å²) in [5, 5.41) is 8.35. The molecule has 1 unspecified atom stereocenters. The first kappa shape index (κ1) is 17.8. The van der Waals surface area contributed by atoms with Gasteiger partial charge in [-0.3, -0.25) is 9.59 Å². The van der Waals surface area contributed by atoms with Gasteiger partial charge in [0.25, 0.3) is 11.5 Å². The number of nitrogens with one attached hydrogen (secondary N) is 1. The Bertz CT molecular complexity index is 1150. The molecule has 2 fully saturated rings. The zero-order chi connectivity index (χ0) is 20.0. The quantitative estimate of drug-likeness (QED) is 0.728. The van der Waals surface area contributed by atoms with Crippen molar-refractivity contribution in [3.63, 3.8) is 0 Å². The molecule has 0 radical (unpaired) electrons. The van der Waals surface area contributed by atoms with Crippen molar-refractivity contribution in [3.8, 4) is 0 Å². The first-order valence-electron chi connectivity index (χ1n) is 9.95. The highest BCUT2D eigenvalue weighted by atomic mass is 16.2. The molecule has 3 aromatic rings. The van der Waals surface area contributed by atoms with E-state index in [1.807, 2.05) is 18.3 Å². The molecule has 148 valence electrons. The van der Waals surface area contributed by atoms with Crippen LogP contribution in [0.1, 0.15) is 41.4 Å². The van der Waals surface area contributed by atoms with Crippen molar-refractivity contribution < 1.29 is 4.79 Å². The van der Waals surface area contributed by atoms with E-state index in [0.717, 1.165) is 24.6 Å². The van der Waals surface area contributed by atoms with Gasteiger partial charge in [-0.1, -0.05) is 18.2 Å². The Labute approximate surface area is 167 Å². The topological polar surface area (TPSA) is 93.0 Å². The molecule has 0 spiro atoms. The number of anilines is 1. The molecule has 1 aromatic carbocycles. The van der Waals surface area contributed by atoms with E-state index in [1.54, 1.807) is 25.2 Å². The number of amides is 1. The fourth-order valence-corrected chi connectivity index (χ4v) is 3.90. The van der Waals surface area contributed by atoms with Crippen molar-refractivity contribution in [2.24, 2.45) is 7.05 Å². The van der Waals surface area contributed by atoms with Crippen LogP contribution < -0.4 is 15.8 Å². The summed E-state index contributed by atoms with van der Waals surface area (Å²) in [6.07, 6.45) is 5.04. The Kier molecular flexibility index (Phi) is 4.26. The standard InChI is InChI=1S/C21H22N6O2/c1-26-20(29)16-5-3-2-4-15(16)18(25-26)19(28)23-14-9-11-27(12-14)21-22-10-8-17(24-21)13-6-7-13/h2-5,8,10,13-14H,6-7,9,11-12H2,1H3,(H,23,28). The molecule has 1 aliphatic heterocycles. The number of nitrogens with zero attached hydrogens (tertiary/aromatic N) is 5. The highest BCUT2D eigenvalue weighted by molar-refractivity contribution is 6.04. The monoisotopic (exact) mass is 390 g/mol. The molecule has 1 atom stereocenters. The fraction of sp³-hybridized carbons (Fsp3) is 0.381. The van der Waals surface area contributed by atoms with Crippen molar-refractivity contribution in [3.05, 3.63) is 58.3 Å². The minimum atomic E-state index is -0.267. The van der Waals surface area contributed by atoms with Gasteiger partial charge in [-0.05, 0) is 31.4 Å². The molecule has 1 amide bonds. The van der Waals surface area contributed by atoms with Gasteiger partial charge >= 0.3 is 0 Å². The van der Waals surface area contributed by atoms with E-state index in [4.69, 9.17) is 4.98 Å². The third kappa shape index (κ3) is 3.35. The molecule has 3 heterocycles. The van der Waals surface area contributed by atoms with Crippen LogP contribution in [0, 0.1) is 0 Å². The van der Waals surface area contributed by atoms with Crippen LogP contribution in [-0.4, -0.2) is 44.8 Å². The maximum atomic E-state index is 12.9. The van der Waals surface area contributed by atoms with Crippen molar-refractivity contribution in [1.29, 1.82) is 0 Å². The number of carbonyl (C=O) groups excluding carboxylic acids is 1. The number of hydrogen-bond acceptors (Lipinski definition) is 6. The van der Waals surface area contributed by atoms with Crippen molar-refractivity contribution >= 4 is 22.6 Å². The summed E-state index contributed by atoms with van der Waals surface area (Å²) in [6.45, 7) is 1.45. The van der Waals surface area contributed by atoms with Gasteiger partial charge in [-0.2, -0.15) is 5.10 Å². The Morgan fingerprint density at radius 1 is 1.14 bits per heavy atom. The third-order valence-corrected chi connectivity index (χ3v) is 5.64. The lowest BCUT2D eigenvalue weighted by Gasteiger charge is -2.17. The predicted octanol–water partition coefficient (Wildman–Crippen LogP) is 1.61. The van der Waals surface area contributed by atoms with Gasteiger partial charge in [0.2, 0.25) is 5.95 Å². The lowest BCUT2D eigenvalue weighted by atomic mass is 10.1. The molecule has 2 aliphatic rings. The number of aromatic nitrogens is 4. The number of rotatable bonds is 4. The normalized spacial score (nSPS) is 18.9. The van der Waals surface area contributed by atoms with Crippen LogP contribution in [0.25, 0.3) is 10.8 Å². The van der Waals surface area contributed by atoms with Crippen LogP contribution in [0.5, 0.6) is 0 Å². The molecule has 1 N–H and O–H groups in total. The van der Waals surface area contributed by atoms with Crippen LogP contribution in [-0.2, 0) is 7.05 Å². The number of hydrogen-bond donors (Lipinski definition) is 1. The molecule has 1 aliphatic carbocycles. The second-order valence-corrected chi connectivity index (χ2v) is 7.78. The van der Waals surface area contributed by atoms with E-state index in [-0.39, 0.29) is 23.2 Å². The smallest absolute Gasteiger partial charge is 0.274 e. The Balaban J connectivity index is 1.33. The zero-order valence-corrected chi connectivity index (χ0v) is 16.2. The Morgan fingerprint density at radius 2 is 1.93 bits per heavy atom. The third-order valence-electron chi connectivity index (χ3n) is 5.64. The first-order chi connectivity index (χ1) is 14.1. The summed E-state index contributed by atoms with van der Waals surface area (Å²) in [5.74, 6) is 1.05. The summed E-state index contributed by atoms with van der Waals surface area (Å²) in [7, 11) is 1.56. The summed E-state index contributed by atoms with van der Waals surface area (Å²) in [5.41, 5.74) is 1.17. The van der Waals surface area contributed by atoms with Crippen molar-refractivity contribution in [2.75, 3.05) is 18.0 Å². The van der Waals surface area contributed by atoms with E-state index in [9.17, 15) is 9.59 Å². The van der Waals surface area contributed by atoms with E-state index in [1.165, 1.54) is 17.5 Å². The van der Waals surface area contributed by atoms with Crippen LogP contribution in [0.4, 0.5) is 5.95 Å². The van der Waals surface area contributed by atoms with Gasteiger partial charge in [0.1, 0.15) is 0 Å². The highest BCUT2D eigenvalue weighted by Crippen LogP contribution is 2.39. The number of benzene rings is 1. The molecule has 8 heteroatoms. The molecule has 8 nitrogen and oxygen atoms in total. The molecular formula is C21H22N6O2. The second-order valence-electron chi connectivity index (χ2n) is 7.78. The molecule has 1 saturated carbocycles. The van der Waals surface area contributed by atoms with E-state index in [2.05, 4.69) is 20.3 Å². The number of aryl methyl sites for hydroxylation is 1. The molecule has 0 bridgehead atoms. The zero-order valence-electron chi connectivity index (χ0n) is 16.2. The maximum absolute atomic E-state index is 12.9. The average molecular weight is 390 g/mol. The van der Waals surface area contributed by atoms with Gasteiger partial charge in [-0.15, -0.1) is 0 Å². The molecule has 1 saturated heterocycles. The van der Waals surface area contributed by atoms with E-state index >= 15 is 0 Å². The summed E-state index contributed by atoms with van der Waals surface area (Å²) in [6, 6.07) is 9.05. The molecule has 5 rings (SSSR count). The minimum Gasteiger partial charge on any atom is -0.346 e. The first-order valence-corrected chi connectivity index (χ1v) is 9.95.